The van der Waals surface area contributed by atoms with E-state index < -0.39 is 0 Å². The third-order valence-corrected chi connectivity index (χ3v) is 4.52. The molecule has 20 heavy (non-hydrogen) atoms. The van der Waals surface area contributed by atoms with Crippen LogP contribution in [0.4, 0.5) is 0 Å². The Balaban J connectivity index is 2.04. The van der Waals surface area contributed by atoms with Gasteiger partial charge >= 0.3 is 0 Å². The molecule has 1 unspecified atom stereocenters. The lowest BCUT2D eigenvalue weighted by Gasteiger charge is -2.26. The maximum Gasteiger partial charge on any atom is 0.253 e. The molecule has 0 spiro atoms. The molecular weight excluding hydrogens is 320 g/mol. The van der Waals surface area contributed by atoms with Crippen molar-refractivity contribution in [3.8, 4) is 5.75 Å². The fourth-order valence-corrected chi connectivity index (χ4v) is 3.17. The summed E-state index contributed by atoms with van der Waals surface area (Å²) in [5.41, 5.74) is 0.681. The first-order chi connectivity index (χ1) is 9.52. The number of hydrogen-bond acceptors (Lipinski definition) is 3. The number of ether oxygens (including phenoxy) is 1. The minimum Gasteiger partial charge on any atom is -0.496 e. The van der Waals surface area contributed by atoms with Gasteiger partial charge in [-0.3, -0.25) is 4.79 Å². The van der Waals surface area contributed by atoms with Crippen molar-refractivity contribution in [2.24, 2.45) is 0 Å². The summed E-state index contributed by atoms with van der Waals surface area (Å²) in [6.45, 7) is 1.90. The normalized spacial score (nSPS) is 19.1. The lowest BCUT2D eigenvalue weighted by Crippen LogP contribution is -2.39. The maximum atomic E-state index is 12.4. The second-order valence-electron chi connectivity index (χ2n) is 5.31. The van der Waals surface area contributed by atoms with Crippen molar-refractivity contribution >= 4 is 21.8 Å². The lowest BCUT2D eigenvalue weighted by atomic mass is 10.1. The third-order valence-electron chi connectivity index (χ3n) is 3.90. The van der Waals surface area contributed by atoms with Gasteiger partial charge in [0.2, 0.25) is 0 Å². The van der Waals surface area contributed by atoms with Crippen molar-refractivity contribution in [1.29, 1.82) is 0 Å². The van der Waals surface area contributed by atoms with E-state index in [1.165, 1.54) is 12.8 Å². The van der Waals surface area contributed by atoms with E-state index in [0.29, 0.717) is 11.6 Å². The van der Waals surface area contributed by atoms with E-state index in [9.17, 15) is 4.79 Å². The maximum absolute atomic E-state index is 12.4. The summed E-state index contributed by atoms with van der Waals surface area (Å²) in [5, 5.41) is 0. The van der Waals surface area contributed by atoms with E-state index >= 15 is 0 Å². The Labute approximate surface area is 128 Å². The molecule has 1 aromatic carbocycles. The highest BCUT2D eigenvalue weighted by Crippen LogP contribution is 2.26. The Morgan fingerprint density at radius 2 is 2.30 bits per heavy atom. The Kier molecular flexibility index (Phi) is 5.05. The van der Waals surface area contributed by atoms with Gasteiger partial charge in [0.15, 0.2) is 0 Å². The monoisotopic (exact) mass is 340 g/mol. The van der Waals surface area contributed by atoms with Crippen molar-refractivity contribution in [3.05, 3.63) is 28.2 Å². The van der Waals surface area contributed by atoms with E-state index in [1.807, 2.05) is 19.2 Å². The molecule has 0 N–H and O–H groups in total. The quantitative estimate of drug-likeness (QED) is 0.844. The SMILES string of the molecule is COc1ccc(C(=O)N(C)CC2CCCN2C)cc1Br. The average Bonchev–Trinajstić information content (AvgIpc) is 2.83. The Morgan fingerprint density at radius 3 is 2.85 bits per heavy atom. The van der Waals surface area contributed by atoms with Gasteiger partial charge in [0.25, 0.3) is 5.91 Å². The van der Waals surface area contributed by atoms with Crippen LogP contribution in [0.25, 0.3) is 0 Å². The van der Waals surface area contributed by atoms with E-state index in [2.05, 4.69) is 27.9 Å². The van der Waals surface area contributed by atoms with Crippen LogP contribution in [0.5, 0.6) is 5.75 Å². The number of hydrogen-bond donors (Lipinski definition) is 0. The van der Waals surface area contributed by atoms with Gasteiger partial charge in [-0.25, -0.2) is 0 Å². The molecule has 5 heteroatoms. The molecule has 2 rings (SSSR count). The Bertz CT molecular complexity index is 493. The number of amides is 1. The third kappa shape index (κ3) is 3.33. The van der Waals surface area contributed by atoms with E-state index in [0.717, 1.165) is 23.3 Å². The van der Waals surface area contributed by atoms with Crippen molar-refractivity contribution in [2.75, 3.05) is 34.3 Å². The molecule has 1 saturated heterocycles. The van der Waals surface area contributed by atoms with Crippen molar-refractivity contribution < 1.29 is 9.53 Å². The van der Waals surface area contributed by atoms with E-state index in [-0.39, 0.29) is 5.91 Å². The van der Waals surface area contributed by atoms with Crippen LogP contribution < -0.4 is 4.74 Å². The van der Waals surface area contributed by atoms with E-state index in [1.54, 1.807) is 18.1 Å². The van der Waals surface area contributed by atoms with Crippen LogP contribution >= 0.6 is 15.9 Å². The van der Waals surface area contributed by atoms with Gasteiger partial charge in [-0.1, -0.05) is 0 Å². The van der Waals surface area contributed by atoms with Crippen LogP contribution in [0.3, 0.4) is 0 Å². The number of likely N-dealkylation sites (tertiary alicyclic amines) is 1. The first-order valence-corrected chi connectivity index (χ1v) is 7.61. The summed E-state index contributed by atoms with van der Waals surface area (Å²) >= 11 is 3.42. The van der Waals surface area contributed by atoms with Gasteiger partial charge < -0.3 is 14.5 Å². The average molecular weight is 341 g/mol. The van der Waals surface area contributed by atoms with Gasteiger partial charge in [-0.15, -0.1) is 0 Å². The number of halogens is 1. The molecule has 1 heterocycles. The molecule has 1 aromatic rings. The minimum absolute atomic E-state index is 0.0497. The zero-order valence-electron chi connectivity index (χ0n) is 12.2. The topological polar surface area (TPSA) is 32.8 Å². The van der Waals surface area contributed by atoms with Crippen LogP contribution in [-0.2, 0) is 0 Å². The van der Waals surface area contributed by atoms with Crippen LogP contribution in [0.2, 0.25) is 0 Å². The van der Waals surface area contributed by atoms with Gasteiger partial charge in [0.05, 0.1) is 11.6 Å². The molecule has 1 atom stereocenters. The zero-order chi connectivity index (χ0) is 14.7. The highest BCUT2D eigenvalue weighted by molar-refractivity contribution is 9.10. The van der Waals surface area contributed by atoms with Crippen molar-refractivity contribution in [1.82, 2.24) is 9.80 Å². The summed E-state index contributed by atoms with van der Waals surface area (Å²) < 4.78 is 5.99. The first kappa shape index (κ1) is 15.3. The molecular formula is C15H21BrN2O2. The molecule has 0 aromatic heterocycles. The summed E-state index contributed by atoms with van der Waals surface area (Å²) in [7, 11) is 5.61. The first-order valence-electron chi connectivity index (χ1n) is 6.82. The van der Waals surface area contributed by atoms with Crippen LogP contribution in [0.15, 0.2) is 22.7 Å². The van der Waals surface area contributed by atoms with Gasteiger partial charge in [0, 0.05) is 25.2 Å². The molecule has 0 bridgehead atoms. The largest absolute Gasteiger partial charge is 0.496 e. The second-order valence-corrected chi connectivity index (χ2v) is 6.17. The van der Waals surface area contributed by atoms with E-state index in [4.69, 9.17) is 4.74 Å². The number of nitrogens with zero attached hydrogens (tertiary/aromatic N) is 2. The fraction of sp³-hybridized carbons (Fsp3) is 0.533. The molecule has 110 valence electrons. The molecule has 0 radical (unpaired) electrons. The number of benzene rings is 1. The molecule has 1 fully saturated rings. The van der Waals surface area contributed by atoms with Crippen LogP contribution in [0.1, 0.15) is 23.2 Å². The standard InChI is InChI=1S/C15H21BrN2O2/c1-17-8-4-5-12(17)10-18(2)15(19)11-6-7-14(20-3)13(16)9-11/h6-7,9,12H,4-5,8,10H2,1-3H3. The summed E-state index contributed by atoms with van der Waals surface area (Å²) in [6, 6.07) is 5.91. The molecule has 0 aliphatic carbocycles. The highest BCUT2D eigenvalue weighted by atomic mass is 79.9. The molecule has 1 aliphatic heterocycles. The van der Waals surface area contributed by atoms with Crippen molar-refractivity contribution in [3.63, 3.8) is 0 Å². The van der Waals surface area contributed by atoms with Crippen LogP contribution in [0, 0.1) is 0 Å². The predicted molar refractivity (Wildman–Crippen MR) is 83.3 cm³/mol. The number of methoxy groups -OCH3 is 1. The summed E-state index contributed by atoms with van der Waals surface area (Å²) in [4.78, 5) is 16.6. The predicted octanol–water partition coefficient (Wildman–Crippen LogP) is 2.62. The number of rotatable bonds is 4. The number of carbonyl (C=O) groups excluding carboxylic acids is 1. The van der Waals surface area contributed by atoms with Gasteiger partial charge in [0.1, 0.15) is 5.75 Å². The number of likely N-dealkylation sites (N-methyl/N-ethyl adjacent to an activating group) is 2. The van der Waals surface area contributed by atoms with Crippen LogP contribution in [-0.4, -0.2) is 56.0 Å². The zero-order valence-corrected chi connectivity index (χ0v) is 13.8. The number of carbonyl (C=O) groups is 1. The molecule has 4 nitrogen and oxygen atoms in total. The molecule has 0 saturated carbocycles. The molecule has 1 aliphatic rings. The minimum atomic E-state index is 0.0497. The highest BCUT2D eigenvalue weighted by Gasteiger charge is 2.24. The Hall–Kier alpha value is -1.07. The summed E-state index contributed by atoms with van der Waals surface area (Å²) in [6.07, 6.45) is 2.39. The van der Waals surface area contributed by atoms with Gasteiger partial charge in [-0.2, -0.15) is 0 Å². The summed E-state index contributed by atoms with van der Waals surface area (Å²) in [5.74, 6) is 0.786. The Morgan fingerprint density at radius 1 is 1.55 bits per heavy atom. The lowest BCUT2D eigenvalue weighted by molar-refractivity contribution is 0.0761. The smallest absolute Gasteiger partial charge is 0.253 e. The van der Waals surface area contributed by atoms with Gasteiger partial charge in [-0.05, 0) is 60.6 Å². The van der Waals surface area contributed by atoms with Crippen molar-refractivity contribution in [2.45, 2.75) is 18.9 Å². The fourth-order valence-electron chi connectivity index (χ4n) is 2.63. The second kappa shape index (κ2) is 6.59. The molecule has 1 amide bonds.